The first-order chi connectivity index (χ1) is 14.4. The van der Waals surface area contributed by atoms with Crippen LogP contribution in [-0.2, 0) is 0 Å². The number of nitrogens with zero attached hydrogens (tertiary/aromatic N) is 3. The Kier molecular flexibility index (Phi) is 5.15. The maximum atomic E-state index is 12.7. The van der Waals surface area contributed by atoms with Gasteiger partial charge in [0.05, 0.1) is 5.69 Å². The molecule has 0 atom stereocenters. The molecule has 3 N–H and O–H groups in total. The topological polar surface area (TPSA) is 114 Å². The summed E-state index contributed by atoms with van der Waals surface area (Å²) in [6.45, 7) is 0. The first-order valence-corrected chi connectivity index (χ1v) is 10.1. The van der Waals surface area contributed by atoms with Gasteiger partial charge in [0.1, 0.15) is 5.56 Å². The molecule has 0 spiro atoms. The lowest BCUT2D eigenvalue weighted by Gasteiger charge is -2.22. The molecule has 3 aromatic rings. The highest BCUT2D eigenvalue weighted by molar-refractivity contribution is 6.09. The van der Waals surface area contributed by atoms with E-state index in [0.29, 0.717) is 11.6 Å². The number of H-pyrrole nitrogens is 1. The standard InChI is InChI=1S/C22H25N5O3/c1-26(2)22(30)19-18(20(23)29)21-24-16(12-17(28)27(21)25-19)15-10-8-14(9-11-15)13-6-4-3-5-7-13/h8-13,24H,3-7H2,1-2H3,(H2,23,29). The van der Waals surface area contributed by atoms with Gasteiger partial charge in [-0.15, -0.1) is 0 Å². The van der Waals surface area contributed by atoms with Crippen LogP contribution in [0.15, 0.2) is 35.1 Å². The van der Waals surface area contributed by atoms with Crippen molar-refractivity contribution >= 4 is 17.5 Å². The van der Waals surface area contributed by atoms with Crippen LogP contribution >= 0.6 is 0 Å². The number of nitrogens with one attached hydrogen (secondary N) is 1. The van der Waals surface area contributed by atoms with Crippen molar-refractivity contribution in [2.75, 3.05) is 14.1 Å². The first-order valence-electron chi connectivity index (χ1n) is 10.1. The van der Waals surface area contributed by atoms with E-state index >= 15 is 0 Å². The summed E-state index contributed by atoms with van der Waals surface area (Å²) in [5.41, 5.74) is 7.60. The van der Waals surface area contributed by atoms with Crippen LogP contribution in [0.1, 0.15) is 64.4 Å². The van der Waals surface area contributed by atoms with Crippen molar-refractivity contribution in [3.05, 3.63) is 57.5 Å². The summed E-state index contributed by atoms with van der Waals surface area (Å²) in [7, 11) is 3.08. The van der Waals surface area contributed by atoms with Gasteiger partial charge in [0.15, 0.2) is 11.3 Å². The van der Waals surface area contributed by atoms with Crippen molar-refractivity contribution < 1.29 is 9.59 Å². The number of benzene rings is 1. The molecule has 1 aliphatic rings. The maximum absolute atomic E-state index is 12.7. The van der Waals surface area contributed by atoms with Gasteiger partial charge in [-0.1, -0.05) is 43.5 Å². The third-order valence-corrected chi connectivity index (χ3v) is 5.77. The molecule has 0 unspecified atom stereocenters. The molecule has 2 heterocycles. The zero-order chi connectivity index (χ0) is 21.4. The molecule has 2 amide bonds. The summed E-state index contributed by atoms with van der Waals surface area (Å²) in [6.07, 6.45) is 6.26. The van der Waals surface area contributed by atoms with Crippen LogP contribution in [0.5, 0.6) is 0 Å². The average Bonchev–Trinajstić information content (AvgIpc) is 3.14. The highest BCUT2D eigenvalue weighted by Crippen LogP contribution is 2.33. The predicted molar refractivity (Wildman–Crippen MR) is 114 cm³/mol. The summed E-state index contributed by atoms with van der Waals surface area (Å²) in [4.78, 5) is 41.5. The monoisotopic (exact) mass is 407 g/mol. The predicted octanol–water partition coefficient (Wildman–Crippen LogP) is 2.54. The molecule has 0 aliphatic heterocycles. The molecular formula is C22H25N5O3. The van der Waals surface area contributed by atoms with Crippen LogP contribution in [0, 0.1) is 0 Å². The van der Waals surface area contributed by atoms with Gasteiger partial charge in [0.2, 0.25) is 0 Å². The lowest BCUT2D eigenvalue weighted by atomic mass is 9.84. The summed E-state index contributed by atoms with van der Waals surface area (Å²) in [5, 5.41) is 4.05. The molecule has 0 saturated heterocycles. The minimum atomic E-state index is -0.823. The van der Waals surface area contributed by atoms with Crippen molar-refractivity contribution in [2.45, 2.75) is 38.0 Å². The molecule has 4 rings (SSSR count). The SMILES string of the molecule is CN(C)C(=O)c1nn2c(=O)cc(-c3ccc(C4CCCCC4)cc3)[nH]c2c1C(N)=O. The van der Waals surface area contributed by atoms with Crippen LogP contribution in [-0.4, -0.2) is 45.4 Å². The number of aromatic amines is 1. The maximum Gasteiger partial charge on any atom is 0.274 e. The van der Waals surface area contributed by atoms with Crippen LogP contribution in [0.4, 0.5) is 0 Å². The Labute approximate surface area is 173 Å². The molecule has 1 fully saturated rings. The van der Waals surface area contributed by atoms with Gasteiger partial charge in [-0.2, -0.15) is 9.61 Å². The quantitative estimate of drug-likeness (QED) is 0.692. The van der Waals surface area contributed by atoms with E-state index in [-0.39, 0.29) is 16.9 Å². The fourth-order valence-electron chi connectivity index (χ4n) is 4.16. The third-order valence-electron chi connectivity index (χ3n) is 5.77. The van der Waals surface area contributed by atoms with Gasteiger partial charge in [-0.25, -0.2) is 0 Å². The van der Waals surface area contributed by atoms with Gasteiger partial charge in [0.25, 0.3) is 17.4 Å². The molecular weight excluding hydrogens is 382 g/mol. The van der Waals surface area contributed by atoms with E-state index in [2.05, 4.69) is 22.2 Å². The number of amides is 2. The van der Waals surface area contributed by atoms with E-state index in [1.807, 2.05) is 12.1 Å². The molecule has 1 aliphatic carbocycles. The van der Waals surface area contributed by atoms with E-state index in [4.69, 9.17) is 5.73 Å². The van der Waals surface area contributed by atoms with Crippen molar-refractivity contribution in [3.63, 3.8) is 0 Å². The van der Waals surface area contributed by atoms with Gasteiger partial charge in [-0.3, -0.25) is 14.4 Å². The molecule has 0 bridgehead atoms. The van der Waals surface area contributed by atoms with Crippen molar-refractivity contribution in [1.29, 1.82) is 0 Å². The van der Waals surface area contributed by atoms with Crippen LogP contribution < -0.4 is 11.3 Å². The Balaban J connectivity index is 1.79. The summed E-state index contributed by atoms with van der Waals surface area (Å²) >= 11 is 0. The number of aromatic nitrogens is 3. The van der Waals surface area contributed by atoms with E-state index in [1.54, 1.807) is 0 Å². The molecule has 30 heavy (non-hydrogen) atoms. The highest BCUT2D eigenvalue weighted by atomic mass is 16.2. The molecule has 156 valence electrons. The molecule has 1 aromatic carbocycles. The fourth-order valence-corrected chi connectivity index (χ4v) is 4.16. The minimum Gasteiger partial charge on any atom is -0.365 e. The fraction of sp³-hybridized carbons (Fsp3) is 0.364. The Morgan fingerprint density at radius 2 is 1.80 bits per heavy atom. The zero-order valence-corrected chi connectivity index (χ0v) is 17.1. The Bertz CT molecular complexity index is 1170. The normalized spacial score (nSPS) is 14.7. The summed E-state index contributed by atoms with van der Waals surface area (Å²) < 4.78 is 1.01. The second-order valence-corrected chi connectivity index (χ2v) is 8.03. The molecule has 0 radical (unpaired) electrons. The van der Waals surface area contributed by atoms with Crippen molar-refractivity contribution in [1.82, 2.24) is 19.5 Å². The molecule has 8 nitrogen and oxygen atoms in total. The smallest absolute Gasteiger partial charge is 0.274 e. The Morgan fingerprint density at radius 1 is 1.13 bits per heavy atom. The molecule has 2 aromatic heterocycles. The second-order valence-electron chi connectivity index (χ2n) is 8.03. The van der Waals surface area contributed by atoms with E-state index < -0.39 is 17.4 Å². The van der Waals surface area contributed by atoms with Crippen LogP contribution in [0.2, 0.25) is 0 Å². The van der Waals surface area contributed by atoms with Crippen molar-refractivity contribution in [2.24, 2.45) is 5.73 Å². The number of fused-ring (bicyclic) bond motifs is 1. The number of hydrogen-bond donors (Lipinski definition) is 2. The third kappa shape index (κ3) is 3.49. The Hall–Kier alpha value is -3.42. The molecule has 8 heteroatoms. The van der Waals surface area contributed by atoms with Gasteiger partial charge in [-0.05, 0) is 29.9 Å². The lowest BCUT2D eigenvalue weighted by Crippen LogP contribution is -2.25. The molecule has 1 saturated carbocycles. The second kappa shape index (κ2) is 7.78. The van der Waals surface area contributed by atoms with E-state index in [1.165, 1.54) is 62.7 Å². The lowest BCUT2D eigenvalue weighted by molar-refractivity contribution is 0.0815. The van der Waals surface area contributed by atoms with Gasteiger partial charge in [0, 0.05) is 20.2 Å². The largest absolute Gasteiger partial charge is 0.365 e. The number of hydrogen-bond acceptors (Lipinski definition) is 4. The average molecular weight is 407 g/mol. The number of nitrogens with two attached hydrogens (primary N) is 1. The highest BCUT2D eigenvalue weighted by Gasteiger charge is 2.26. The van der Waals surface area contributed by atoms with Crippen LogP contribution in [0.3, 0.4) is 0 Å². The minimum absolute atomic E-state index is 0.0912. The van der Waals surface area contributed by atoms with Gasteiger partial charge >= 0.3 is 0 Å². The number of carbonyl (C=O) groups is 2. The Morgan fingerprint density at radius 3 is 2.40 bits per heavy atom. The summed E-state index contributed by atoms with van der Waals surface area (Å²) in [5.74, 6) is -0.737. The summed E-state index contributed by atoms with van der Waals surface area (Å²) in [6, 6.07) is 9.54. The van der Waals surface area contributed by atoms with Crippen LogP contribution in [0.25, 0.3) is 16.9 Å². The van der Waals surface area contributed by atoms with E-state index in [0.717, 1.165) is 10.1 Å². The first kappa shape index (κ1) is 19.9. The number of primary amides is 1. The number of rotatable bonds is 4. The van der Waals surface area contributed by atoms with E-state index in [9.17, 15) is 14.4 Å². The number of carbonyl (C=O) groups excluding carboxylic acids is 2. The van der Waals surface area contributed by atoms with Crippen molar-refractivity contribution in [3.8, 4) is 11.3 Å². The van der Waals surface area contributed by atoms with Gasteiger partial charge < -0.3 is 15.6 Å². The zero-order valence-electron chi connectivity index (χ0n) is 17.1.